The second-order valence-electron chi connectivity index (χ2n) is 12.3. The molecular formula is C33H40F3N13O9S. The number of aromatic nitrogens is 4. The van der Waals surface area contributed by atoms with Gasteiger partial charge in [-0.1, -0.05) is 0 Å². The number of benzene rings is 1. The fourth-order valence-corrected chi connectivity index (χ4v) is 4.68. The third-order valence-electron chi connectivity index (χ3n) is 7.51. The van der Waals surface area contributed by atoms with Gasteiger partial charge in [-0.05, 0) is 37.6 Å². The number of halogens is 3. The molecule has 8 amide bonds. The molecule has 0 bridgehead atoms. The highest BCUT2D eigenvalue weighted by Crippen LogP contribution is 2.26. The zero-order valence-electron chi connectivity index (χ0n) is 31.2. The number of nitrogen functional groups attached to an aromatic ring is 1. The number of aromatic amines is 1. The van der Waals surface area contributed by atoms with Gasteiger partial charge in [0.05, 0.1) is 51.2 Å². The molecule has 0 radical (unpaired) electrons. The Morgan fingerprint density at radius 2 is 1.32 bits per heavy atom. The Balaban J connectivity index is 1.35. The summed E-state index contributed by atoms with van der Waals surface area (Å²) in [6.45, 7) is -1.30. The Morgan fingerprint density at radius 1 is 0.797 bits per heavy atom. The molecular weight excluding hydrogens is 812 g/mol. The van der Waals surface area contributed by atoms with E-state index in [0.29, 0.717) is 10.7 Å². The normalized spacial score (nSPS) is 11.4. The van der Waals surface area contributed by atoms with Crippen molar-refractivity contribution in [2.45, 2.75) is 38.5 Å². The molecule has 1 atom stereocenters. The van der Waals surface area contributed by atoms with Gasteiger partial charge in [-0.3, -0.25) is 53.0 Å². The Labute approximate surface area is 337 Å². The van der Waals surface area contributed by atoms with Gasteiger partial charge in [-0.25, -0.2) is 9.97 Å². The van der Waals surface area contributed by atoms with E-state index < -0.39 is 91.7 Å². The molecule has 318 valence electrons. The van der Waals surface area contributed by atoms with Gasteiger partial charge in [0.2, 0.25) is 41.4 Å². The number of nitrogens with one attached hydrogen (secondary N) is 8. The van der Waals surface area contributed by atoms with Crippen LogP contribution in [0.5, 0.6) is 0 Å². The van der Waals surface area contributed by atoms with E-state index in [1.54, 1.807) is 6.92 Å². The van der Waals surface area contributed by atoms with Crippen LogP contribution >= 0.6 is 12.6 Å². The van der Waals surface area contributed by atoms with Gasteiger partial charge < -0.3 is 43.0 Å². The molecule has 1 aromatic carbocycles. The second-order valence-corrected chi connectivity index (χ2v) is 12.7. The second kappa shape index (κ2) is 22.2. The van der Waals surface area contributed by atoms with Gasteiger partial charge in [0.15, 0.2) is 11.2 Å². The van der Waals surface area contributed by atoms with Crippen molar-refractivity contribution in [3.63, 3.8) is 0 Å². The predicted molar refractivity (Wildman–Crippen MR) is 204 cm³/mol. The summed E-state index contributed by atoms with van der Waals surface area (Å²) in [5.41, 5.74) is 3.78. The fourth-order valence-electron chi connectivity index (χ4n) is 4.59. The van der Waals surface area contributed by atoms with E-state index in [2.05, 4.69) is 69.8 Å². The van der Waals surface area contributed by atoms with Crippen molar-refractivity contribution in [2.24, 2.45) is 0 Å². The number of alkyl halides is 3. The lowest BCUT2D eigenvalue weighted by molar-refractivity contribution is -0.170. The molecule has 3 aromatic rings. The summed E-state index contributed by atoms with van der Waals surface area (Å²) in [5, 5.41) is 16.5. The van der Waals surface area contributed by atoms with Crippen LogP contribution in [0.25, 0.3) is 11.2 Å². The lowest BCUT2D eigenvalue weighted by Gasteiger charge is -2.23. The van der Waals surface area contributed by atoms with Crippen molar-refractivity contribution in [1.82, 2.24) is 57.2 Å². The Morgan fingerprint density at radius 3 is 1.85 bits per heavy atom. The van der Waals surface area contributed by atoms with Crippen molar-refractivity contribution in [2.75, 3.05) is 55.7 Å². The molecule has 59 heavy (non-hydrogen) atoms. The Kier molecular flexibility index (Phi) is 17.5. The highest BCUT2D eigenvalue weighted by molar-refractivity contribution is 7.80. The molecule has 0 saturated carbocycles. The summed E-state index contributed by atoms with van der Waals surface area (Å²) < 4.78 is 40.6. The predicted octanol–water partition coefficient (Wildman–Crippen LogP) is -3.08. The lowest BCUT2D eigenvalue weighted by Crippen LogP contribution is -2.47. The van der Waals surface area contributed by atoms with Gasteiger partial charge in [0, 0.05) is 36.0 Å². The van der Waals surface area contributed by atoms with Crippen LogP contribution in [0.4, 0.5) is 24.8 Å². The first kappa shape index (κ1) is 46.5. The number of H-pyrrole nitrogens is 1. The van der Waals surface area contributed by atoms with Gasteiger partial charge in [0.25, 0.3) is 11.5 Å². The summed E-state index contributed by atoms with van der Waals surface area (Å²) in [7, 11) is 0. The molecule has 10 N–H and O–H groups in total. The average Bonchev–Trinajstić information content (AvgIpc) is 3.19. The van der Waals surface area contributed by atoms with Crippen molar-refractivity contribution in [3.05, 3.63) is 52.1 Å². The third kappa shape index (κ3) is 15.9. The van der Waals surface area contributed by atoms with E-state index in [0.717, 1.165) is 18.3 Å². The van der Waals surface area contributed by atoms with Crippen LogP contribution in [0.3, 0.4) is 0 Å². The van der Waals surface area contributed by atoms with E-state index in [1.807, 2.05) is 0 Å². The summed E-state index contributed by atoms with van der Waals surface area (Å²) in [6.07, 6.45) is -4.26. The number of nitrogens with two attached hydrogens (primary N) is 1. The van der Waals surface area contributed by atoms with Crippen LogP contribution in [0.15, 0.2) is 35.3 Å². The van der Waals surface area contributed by atoms with Gasteiger partial charge >= 0.3 is 12.1 Å². The van der Waals surface area contributed by atoms with Gasteiger partial charge in [-0.15, -0.1) is 0 Å². The van der Waals surface area contributed by atoms with Crippen molar-refractivity contribution in [1.29, 1.82) is 0 Å². The number of thiol groups is 1. The number of anilines is 2. The van der Waals surface area contributed by atoms with E-state index in [4.69, 9.17) is 5.73 Å². The summed E-state index contributed by atoms with van der Waals surface area (Å²) in [5.74, 6) is -6.55. The standard InChI is InChI=1S/C33H40F3N13O9S/c1-17(16-59)45-26(55)14-43-25(54)13-42-24(53)12-41-23(52)11-40-22(51)10-39-21(50)3-2-8-38-29(56)18-4-6-20(7-5-18)49(31(58)33(34,35)36)15-19-9-44-28-27(46-19)30(57)48-32(37)47-28/h4-7,9,17,59H,2-3,8,10-16H2,1H3,(H,38,56)(H,39,50)(H,40,51)(H,41,52)(H,42,53)(H,43,54)(H,45,55)(H3,37,44,47,48,57). The molecule has 22 nitrogen and oxygen atoms in total. The van der Waals surface area contributed by atoms with E-state index in [1.165, 1.54) is 12.1 Å². The molecule has 0 spiro atoms. The van der Waals surface area contributed by atoms with Crippen LogP contribution in [-0.2, 0) is 40.1 Å². The van der Waals surface area contributed by atoms with Crippen LogP contribution < -0.4 is 53.4 Å². The van der Waals surface area contributed by atoms with Crippen LogP contribution in [0.1, 0.15) is 35.8 Å². The topological polar surface area (TPSA) is 322 Å². The number of hydrogen-bond acceptors (Lipinski definition) is 14. The van der Waals surface area contributed by atoms with E-state index in [9.17, 15) is 56.3 Å². The molecule has 0 saturated heterocycles. The van der Waals surface area contributed by atoms with Gasteiger partial charge in [0.1, 0.15) is 0 Å². The minimum Gasteiger partial charge on any atom is -0.369 e. The molecule has 0 aliphatic heterocycles. The summed E-state index contributed by atoms with van der Waals surface area (Å²) in [6, 6.07) is 4.35. The number of carbonyl (C=O) groups excluding carboxylic acids is 8. The van der Waals surface area contributed by atoms with Gasteiger partial charge in [-0.2, -0.15) is 30.8 Å². The maximum Gasteiger partial charge on any atom is 0.471 e. The Hall–Kier alpha value is -6.86. The number of rotatable bonds is 20. The summed E-state index contributed by atoms with van der Waals surface area (Å²) in [4.78, 5) is 123. The van der Waals surface area contributed by atoms with Crippen LogP contribution in [0, 0.1) is 0 Å². The minimum absolute atomic E-state index is 0.00914. The minimum atomic E-state index is -5.29. The molecule has 0 aliphatic carbocycles. The average molecular weight is 852 g/mol. The summed E-state index contributed by atoms with van der Waals surface area (Å²) >= 11 is 4.03. The highest BCUT2D eigenvalue weighted by atomic mass is 32.1. The Bertz CT molecular complexity index is 2100. The monoisotopic (exact) mass is 851 g/mol. The van der Waals surface area contributed by atoms with E-state index in [-0.39, 0.29) is 66.0 Å². The molecule has 0 aliphatic rings. The first-order valence-corrected chi connectivity index (χ1v) is 18.0. The van der Waals surface area contributed by atoms with Crippen molar-refractivity contribution < 1.29 is 51.5 Å². The number of nitrogens with zero attached hydrogens (tertiary/aromatic N) is 4. The molecule has 1 unspecified atom stereocenters. The smallest absolute Gasteiger partial charge is 0.369 e. The van der Waals surface area contributed by atoms with Crippen LogP contribution in [-0.4, -0.2) is 124 Å². The number of hydrogen-bond donors (Lipinski definition) is 10. The van der Waals surface area contributed by atoms with E-state index >= 15 is 0 Å². The number of amides is 8. The van der Waals surface area contributed by atoms with Crippen molar-refractivity contribution >= 4 is 82.7 Å². The maximum absolute atomic E-state index is 13.5. The number of fused-ring (bicyclic) bond motifs is 1. The first-order chi connectivity index (χ1) is 27.9. The molecule has 26 heteroatoms. The largest absolute Gasteiger partial charge is 0.471 e. The highest BCUT2D eigenvalue weighted by Gasteiger charge is 2.43. The fraction of sp³-hybridized carbons (Fsp3) is 0.394. The third-order valence-corrected chi connectivity index (χ3v) is 8.06. The number of carbonyl (C=O) groups is 8. The zero-order valence-corrected chi connectivity index (χ0v) is 32.1. The molecule has 2 aromatic heterocycles. The molecule has 3 rings (SSSR count). The molecule has 2 heterocycles. The van der Waals surface area contributed by atoms with Crippen molar-refractivity contribution in [3.8, 4) is 0 Å². The quantitative estimate of drug-likeness (QED) is 0.0399. The molecule has 0 fully saturated rings. The SMILES string of the molecule is CC(CS)NC(=O)CNC(=O)CNC(=O)CNC(=O)CNC(=O)CNC(=O)CCCNC(=O)c1ccc(N(Cc2cnc3nc(N)[nH]c(=O)c3n2)C(=O)C(F)(F)F)cc1. The van der Waals surface area contributed by atoms with Crippen LogP contribution in [0.2, 0.25) is 0 Å². The maximum atomic E-state index is 13.5. The zero-order chi connectivity index (χ0) is 43.7. The lowest BCUT2D eigenvalue weighted by atomic mass is 10.1. The first-order valence-electron chi connectivity index (χ1n) is 17.4.